The molecule has 0 spiro atoms. The largest absolute Gasteiger partial charge is 0.409 e. The van der Waals surface area contributed by atoms with Crippen LogP contribution in [0.5, 0.6) is 0 Å². The molecule has 0 N–H and O–H groups in total. The van der Waals surface area contributed by atoms with Gasteiger partial charge in [-0.25, -0.2) is 0 Å². The highest BCUT2D eigenvalue weighted by atomic mass is 28.5. The Hall–Kier alpha value is -0.416. The second-order valence-electron chi connectivity index (χ2n) is 16.1. The molecule has 0 atom stereocenters. The van der Waals surface area contributed by atoms with E-state index < -0.39 is 68.0 Å². The first-order chi connectivity index (χ1) is 20.4. The predicted octanol–water partition coefficient (Wildman–Crippen LogP) is 11.9. The molecule has 1 rings (SSSR count). The van der Waals surface area contributed by atoms with Crippen LogP contribution in [0, 0.1) is 0 Å². The maximum Gasteiger partial charge on any atom is 0.353 e. The fourth-order valence-corrected chi connectivity index (χ4v) is 37.0. The third-order valence-corrected chi connectivity index (χ3v) is 38.0. The quantitative estimate of drug-likeness (QED) is 0.158. The van der Waals surface area contributed by atoms with E-state index in [-0.39, 0.29) is 0 Å². The Morgan fingerprint density at radius 1 is 0.333 bits per heavy atom. The molecule has 1 fully saturated rings. The minimum absolute atomic E-state index is 0.394. The molecule has 10 heteroatoms. The second-order valence-corrected chi connectivity index (χ2v) is 35.6. The molecule has 0 aromatic rings. The van der Waals surface area contributed by atoms with Crippen LogP contribution in [0.3, 0.4) is 0 Å². The topological polar surface area (TPSA) is 46.2 Å². The maximum atomic E-state index is 7.82. The van der Waals surface area contributed by atoms with Gasteiger partial charge < -0.3 is 20.6 Å². The summed E-state index contributed by atoms with van der Waals surface area (Å²) in [4.78, 5) is 0. The zero-order valence-corrected chi connectivity index (χ0v) is 37.0. The normalized spacial score (nSPS) is 32.8. The van der Waals surface area contributed by atoms with E-state index in [0.29, 0.717) is 0 Å². The molecule has 1 heterocycles. The number of hydrogen-bond acceptors (Lipinski definition) is 5. The summed E-state index contributed by atoms with van der Waals surface area (Å²) in [6, 6.07) is 0. The van der Waals surface area contributed by atoms with Crippen molar-refractivity contribution in [2.24, 2.45) is 0 Å². The molecule has 45 heavy (non-hydrogen) atoms. The van der Waals surface area contributed by atoms with Gasteiger partial charge in [0.05, 0.1) is 0 Å². The number of rotatable bonds is 15. The molecule has 260 valence electrons. The van der Waals surface area contributed by atoms with Crippen LogP contribution in [0.2, 0.25) is 25.2 Å². The standard InChI is InChI=1S/C35H70O5Si5/c1-21-31(11,12)41(26-6)36-42(27-7,32(13,14)22-2)38-44(29-9,34(17,18)24-4)40-45(30-10,35(19,20)25-5)39-43(28-8,37-41)33(15,16)23-3/h26-30H,6-10,21-25H2,1-5,11-20H3. The Morgan fingerprint density at radius 2 is 0.444 bits per heavy atom. The Morgan fingerprint density at radius 3 is 0.511 bits per heavy atom. The SMILES string of the molecule is C=C[Si]1(C(C)(C)CC)O[Si](C=C)(C(C)(C)CC)O[Si](C=C)(C(C)(C)CC)O[Si](C=C)(C(C)(C)CC)O[Si](C=C)(C(C)(C)CC)O1. The Kier molecular flexibility index (Phi) is 13.5. The Balaban J connectivity index is 4.89. The molecule has 1 saturated heterocycles. The summed E-state index contributed by atoms with van der Waals surface area (Å²) >= 11 is 0. The molecule has 0 bridgehead atoms. The van der Waals surface area contributed by atoms with Crippen LogP contribution in [-0.2, 0) is 20.6 Å². The summed E-state index contributed by atoms with van der Waals surface area (Å²) in [7, 11) is -17.3. The van der Waals surface area contributed by atoms with Crippen LogP contribution in [0.15, 0.2) is 61.4 Å². The van der Waals surface area contributed by atoms with Gasteiger partial charge in [-0.2, -0.15) is 0 Å². The molecule has 0 saturated carbocycles. The lowest BCUT2D eigenvalue weighted by atomic mass is 10.1. The lowest BCUT2D eigenvalue weighted by molar-refractivity contribution is 0.175. The van der Waals surface area contributed by atoms with Gasteiger partial charge in [0.15, 0.2) is 0 Å². The molecular formula is C35H70O5Si5. The van der Waals surface area contributed by atoms with Crippen molar-refractivity contribution in [3.63, 3.8) is 0 Å². The lowest BCUT2D eigenvalue weighted by Crippen LogP contribution is -2.76. The van der Waals surface area contributed by atoms with Crippen molar-refractivity contribution in [3.05, 3.63) is 61.4 Å². The van der Waals surface area contributed by atoms with E-state index in [9.17, 15) is 0 Å². The number of hydrogen-bond donors (Lipinski definition) is 0. The average Bonchev–Trinajstić information content (AvgIpc) is 3.01. The fourth-order valence-electron chi connectivity index (χ4n) is 5.64. The summed E-state index contributed by atoms with van der Waals surface area (Å²) in [5.41, 5.74) is 9.95. The summed E-state index contributed by atoms with van der Waals surface area (Å²) in [6.07, 6.45) is 4.09. The van der Waals surface area contributed by atoms with Gasteiger partial charge in [0.2, 0.25) is 0 Å². The van der Waals surface area contributed by atoms with Gasteiger partial charge in [-0.05, 0) is 32.1 Å². The first-order valence-electron chi connectivity index (χ1n) is 17.1. The van der Waals surface area contributed by atoms with Gasteiger partial charge in [-0.15, -0.1) is 32.9 Å². The van der Waals surface area contributed by atoms with Gasteiger partial charge >= 0.3 is 42.8 Å². The molecule has 0 radical (unpaired) electrons. The predicted molar refractivity (Wildman–Crippen MR) is 207 cm³/mol. The first-order valence-corrected chi connectivity index (χ1v) is 26.5. The lowest BCUT2D eigenvalue weighted by Gasteiger charge is -2.61. The van der Waals surface area contributed by atoms with E-state index in [1.807, 2.05) is 28.5 Å². The summed E-state index contributed by atoms with van der Waals surface area (Å²) in [5.74, 6) is 0. The monoisotopic (exact) mass is 710 g/mol. The van der Waals surface area contributed by atoms with Crippen molar-refractivity contribution < 1.29 is 20.6 Å². The Labute approximate surface area is 284 Å². The Bertz CT molecular complexity index is 887. The van der Waals surface area contributed by atoms with Crippen molar-refractivity contribution >= 4 is 42.8 Å². The highest BCUT2D eigenvalue weighted by molar-refractivity contribution is 7.02. The summed E-state index contributed by atoms with van der Waals surface area (Å²) in [6.45, 7) is 55.9. The molecular weight excluding hydrogens is 641 g/mol. The maximum absolute atomic E-state index is 7.82. The minimum Gasteiger partial charge on any atom is -0.409 e. The molecule has 1 aliphatic rings. The minimum atomic E-state index is -3.46. The van der Waals surface area contributed by atoms with Gasteiger partial charge in [0.1, 0.15) is 0 Å². The third-order valence-electron chi connectivity index (χ3n) is 12.0. The van der Waals surface area contributed by atoms with Crippen molar-refractivity contribution in [2.45, 2.75) is 161 Å². The fraction of sp³-hybridized carbons (Fsp3) is 0.714. The highest BCUT2D eigenvalue weighted by Gasteiger charge is 2.72. The zero-order valence-electron chi connectivity index (χ0n) is 32.0. The second kappa shape index (κ2) is 14.2. The zero-order chi connectivity index (χ0) is 35.6. The van der Waals surface area contributed by atoms with Crippen molar-refractivity contribution in [3.8, 4) is 0 Å². The molecule has 5 nitrogen and oxygen atoms in total. The molecule has 0 unspecified atom stereocenters. The van der Waals surface area contributed by atoms with E-state index >= 15 is 0 Å². The van der Waals surface area contributed by atoms with E-state index in [1.165, 1.54) is 0 Å². The van der Waals surface area contributed by atoms with Crippen LogP contribution in [0.4, 0.5) is 0 Å². The van der Waals surface area contributed by atoms with Crippen LogP contribution >= 0.6 is 0 Å². The van der Waals surface area contributed by atoms with Crippen LogP contribution in [0.25, 0.3) is 0 Å². The summed E-state index contributed by atoms with van der Waals surface area (Å²) in [5, 5.41) is -1.97. The van der Waals surface area contributed by atoms with Gasteiger partial charge in [-0.3, -0.25) is 0 Å². The van der Waals surface area contributed by atoms with Gasteiger partial charge in [0.25, 0.3) is 0 Å². The third kappa shape index (κ3) is 6.89. The molecule has 1 aliphatic heterocycles. The van der Waals surface area contributed by atoms with Crippen LogP contribution in [0.1, 0.15) is 136 Å². The van der Waals surface area contributed by atoms with Crippen molar-refractivity contribution in [1.82, 2.24) is 0 Å². The molecule has 0 aromatic heterocycles. The first kappa shape index (κ1) is 42.6. The molecule has 0 aliphatic carbocycles. The van der Waals surface area contributed by atoms with Gasteiger partial charge in [0, 0.05) is 25.2 Å². The molecule has 0 amide bonds. The van der Waals surface area contributed by atoms with E-state index in [2.05, 4.69) is 137 Å². The molecule has 0 aromatic carbocycles. The smallest absolute Gasteiger partial charge is 0.353 e. The van der Waals surface area contributed by atoms with E-state index in [0.717, 1.165) is 32.1 Å². The van der Waals surface area contributed by atoms with Crippen LogP contribution < -0.4 is 0 Å². The average molecular weight is 711 g/mol. The summed E-state index contributed by atoms with van der Waals surface area (Å²) < 4.78 is 39.1. The van der Waals surface area contributed by atoms with Crippen molar-refractivity contribution in [1.29, 1.82) is 0 Å². The van der Waals surface area contributed by atoms with Crippen LogP contribution in [-0.4, -0.2) is 42.8 Å². The highest BCUT2D eigenvalue weighted by Crippen LogP contribution is 2.60. The van der Waals surface area contributed by atoms with E-state index in [4.69, 9.17) is 20.6 Å². The van der Waals surface area contributed by atoms with Gasteiger partial charge in [-0.1, -0.05) is 132 Å². The van der Waals surface area contributed by atoms with Crippen molar-refractivity contribution in [2.75, 3.05) is 0 Å². The van der Waals surface area contributed by atoms with E-state index in [1.54, 1.807) is 0 Å².